The summed E-state index contributed by atoms with van der Waals surface area (Å²) < 4.78 is 0.899. The number of hydrogen-bond donors (Lipinski definition) is 0. The molecule has 0 aliphatic carbocycles. The molecule has 1 heteroatoms. The van der Waals surface area contributed by atoms with E-state index in [0.29, 0.717) is 0 Å². The van der Waals surface area contributed by atoms with Crippen molar-refractivity contribution in [1.29, 1.82) is 0 Å². The second kappa shape index (κ2) is 12.6. The molecule has 0 saturated carbocycles. The van der Waals surface area contributed by atoms with Crippen LogP contribution in [0.25, 0.3) is 87.6 Å². The van der Waals surface area contributed by atoms with Crippen molar-refractivity contribution in [2.75, 3.05) is 0 Å². The van der Waals surface area contributed by atoms with Gasteiger partial charge >= 0.3 is 0 Å². The molecule has 10 aromatic carbocycles. The summed E-state index contributed by atoms with van der Waals surface area (Å²) in [6, 6.07) is 73.2. The molecule has 0 unspecified atom stereocenters. The molecule has 57 heavy (non-hydrogen) atoms. The number of hydrogen-bond acceptors (Lipinski definition) is 0. The van der Waals surface area contributed by atoms with E-state index in [2.05, 4.69) is 194 Å². The molecule has 268 valence electrons. The Morgan fingerprint density at radius 2 is 0.596 bits per heavy atom. The van der Waals surface area contributed by atoms with Gasteiger partial charge in [-0.3, -0.25) is 0 Å². The maximum absolute atomic E-state index is 2.56. The minimum absolute atomic E-state index is 0.899. The molecule has 1 nitrogen and oxygen atoms in total. The van der Waals surface area contributed by atoms with Crippen LogP contribution in [-0.4, -0.2) is 4.48 Å². The molecule has 0 amide bonds. The van der Waals surface area contributed by atoms with Crippen LogP contribution in [0.3, 0.4) is 0 Å². The monoisotopic (exact) mass is 726 g/mol. The van der Waals surface area contributed by atoms with Crippen LogP contribution in [0.15, 0.2) is 194 Å². The van der Waals surface area contributed by atoms with Crippen LogP contribution in [-0.2, 0) is 26.2 Å². The SMILES string of the molecule is c1ccc(-c2cc3c(c4ccccc24)-c2c(cc(-c4ccccc4)c4ccccc24)C[N+]2(Cc4ccc5ccccc5c4-c4c(ccc5ccccc45)C2)C3)cc1. The predicted molar refractivity (Wildman–Crippen MR) is 240 cm³/mol. The van der Waals surface area contributed by atoms with Gasteiger partial charge in [0.2, 0.25) is 0 Å². The molecule has 2 aliphatic heterocycles. The van der Waals surface area contributed by atoms with E-state index in [4.69, 9.17) is 0 Å². The van der Waals surface area contributed by atoms with Crippen molar-refractivity contribution < 1.29 is 4.48 Å². The molecule has 0 radical (unpaired) electrons. The smallest absolute Gasteiger partial charge is 0.106 e. The van der Waals surface area contributed by atoms with Crippen molar-refractivity contribution >= 4 is 43.1 Å². The minimum atomic E-state index is 0.899. The Kier molecular flexibility index (Phi) is 7.18. The first-order valence-electron chi connectivity index (χ1n) is 20.3. The molecule has 0 saturated heterocycles. The minimum Gasteiger partial charge on any atom is -0.309 e. The largest absolute Gasteiger partial charge is 0.309 e. The van der Waals surface area contributed by atoms with Crippen LogP contribution < -0.4 is 0 Å². The summed E-state index contributed by atoms with van der Waals surface area (Å²) in [6.45, 7) is 3.70. The van der Waals surface area contributed by atoms with Crippen molar-refractivity contribution in [3.05, 3.63) is 216 Å². The fraction of sp³-hybridized carbons (Fsp3) is 0.0714. The predicted octanol–water partition coefficient (Wildman–Crippen LogP) is 14.5. The molecule has 12 rings (SSSR count). The van der Waals surface area contributed by atoms with Gasteiger partial charge < -0.3 is 4.48 Å². The molecular formula is C56H40N+. The van der Waals surface area contributed by atoms with Crippen molar-refractivity contribution in [2.24, 2.45) is 0 Å². The fourth-order valence-electron chi connectivity index (χ4n) is 10.7. The van der Waals surface area contributed by atoms with Gasteiger partial charge in [-0.2, -0.15) is 0 Å². The van der Waals surface area contributed by atoms with E-state index < -0.39 is 0 Å². The fourth-order valence-corrected chi connectivity index (χ4v) is 10.7. The zero-order chi connectivity index (χ0) is 37.5. The molecule has 0 fully saturated rings. The number of nitrogens with zero attached hydrogens (tertiary/aromatic N) is 1. The van der Waals surface area contributed by atoms with E-state index in [9.17, 15) is 0 Å². The van der Waals surface area contributed by atoms with Crippen LogP contribution in [0.5, 0.6) is 0 Å². The maximum atomic E-state index is 2.56. The molecule has 0 N–H and O–H groups in total. The quantitative estimate of drug-likeness (QED) is 0.156. The van der Waals surface area contributed by atoms with Gasteiger partial charge in [0.05, 0.1) is 0 Å². The summed E-state index contributed by atoms with van der Waals surface area (Å²) in [6.07, 6.45) is 0. The van der Waals surface area contributed by atoms with Crippen LogP contribution in [0.1, 0.15) is 22.3 Å². The lowest BCUT2D eigenvalue weighted by atomic mass is 9.83. The molecule has 0 atom stereocenters. The zero-order valence-corrected chi connectivity index (χ0v) is 31.8. The summed E-state index contributed by atoms with van der Waals surface area (Å²) in [4.78, 5) is 0. The Morgan fingerprint density at radius 1 is 0.263 bits per heavy atom. The van der Waals surface area contributed by atoms with Gasteiger partial charge in [0, 0.05) is 22.3 Å². The van der Waals surface area contributed by atoms with E-state index >= 15 is 0 Å². The van der Waals surface area contributed by atoms with Crippen LogP contribution in [0.2, 0.25) is 0 Å². The average Bonchev–Trinajstić information content (AvgIpc) is 3.50. The summed E-state index contributed by atoms with van der Waals surface area (Å²) in [7, 11) is 0. The Morgan fingerprint density at radius 3 is 1.04 bits per heavy atom. The highest BCUT2D eigenvalue weighted by Gasteiger charge is 2.40. The van der Waals surface area contributed by atoms with Gasteiger partial charge in [0.15, 0.2) is 0 Å². The van der Waals surface area contributed by atoms with E-state index in [0.717, 1.165) is 30.7 Å². The van der Waals surface area contributed by atoms with Crippen molar-refractivity contribution in [3.63, 3.8) is 0 Å². The number of fused-ring (bicyclic) bond motifs is 14. The molecular weight excluding hydrogens is 687 g/mol. The van der Waals surface area contributed by atoms with E-state index in [1.165, 1.54) is 110 Å². The normalized spacial score (nSPS) is 14.2. The number of rotatable bonds is 2. The Hall–Kier alpha value is -6.80. The van der Waals surface area contributed by atoms with E-state index in [1.54, 1.807) is 0 Å². The van der Waals surface area contributed by atoms with Gasteiger partial charge in [-0.25, -0.2) is 0 Å². The maximum Gasteiger partial charge on any atom is 0.106 e. The summed E-state index contributed by atoms with van der Waals surface area (Å²) >= 11 is 0. The lowest BCUT2D eigenvalue weighted by Gasteiger charge is -2.38. The summed E-state index contributed by atoms with van der Waals surface area (Å²) in [5.41, 5.74) is 16.5. The number of quaternary nitrogens is 1. The Labute approximate surface area is 333 Å². The van der Waals surface area contributed by atoms with Crippen LogP contribution >= 0.6 is 0 Å². The standard InChI is InChI=1S/C56H40N/c1-3-15-37(16-4-1)51-31-43-35-57(33-41-29-27-39-19-7-9-21-45(39)53(41)54-42(34-57)30-28-40-20-8-10-22-46(40)54)36-44-32-52(38-17-5-2-6-18-38)48-24-12-14-26-50(48)56(44)55(43)49-25-13-11-23-47(49)51/h1-32H,33-36H2/q+1. The first-order valence-corrected chi connectivity index (χ1v) is 20.3. The third kappa shape index (κ3) is 5.06. The highest BCUT2D eigenvalue weighted by molar-refractivity contribution is 6.14. The van der Waals surface area contributed by atoms with Gasteiger partial charge in [-0.05, 0) is 99.7 Å². The first kappa shape index (κ1) is 32.4. The van der Waals surface area contributed by atoms with E-state index in [1.807, 2.05) is 0 Å². The summed E-state index contributed by atoms with van der Waals surface area (Å²) in [5.74, 6) is 0. The first-order chi connectivity index (χ1) is 28.2. The Balaban J connectivity index is 1.21. The lowest BCUT2D eigenvalue weighted by molar-refractivity contribution is -0.977. The van der Waals surface area contributed by atoms with Crippen molar-refractivity contribution in [2.45, 2.75) is 26.2 Å². The molecule has 2 aliphatic rings. The molecule has 2 heterocycles. The second-order valence-electron chi connectivity index (χ2n) is 16.4. The molecule has 10 aromatic rings. The lowest BCUT2D eigenvalue weighted by Crippen LogP contribution is -2.44. The van der Waals surface area contributed by atoms with Gasteiger partial charge in [0.1, 0.15) is 26.2 Å². The van der Waals surface area contributed by atoms with E-state index in [-0.39, 0.29) is 0 Å². The van der Waals surface area contributed by atoms with Gasteiger partial charge in [-0.15, -0.1) is 0 Å². The second-order valence-corrected chi connectivity index (χ2v) is 16.4. The number of benzene rings is 10. The van der Waals surface area contributed by atoms with Crippen LogP contribution in [0, 0.1) is 0 Å². The van der Waals surface area contributed by atoms with Crippen molar-refractivity contribution in [3.8, 4) is 44.5 Å². The highest BCUT2D eigenvalue weighted by Crippen LogP contribution is 2.51. The Bertz CT molecular complexity index is 3010. The third-order valence-electron chi connectivity index (χ3n) is 13.0. The van der Waals surface area contributed by atoms with Crippen molar-refractivity contribution in [1.82, 2.24) is 0 Å². The highest BCUT2D eigenvalue weighted by atomic mass is 15.4. The topological polar surface area (TPSA) is 0 Å². The zero-order valence-electron chi connectivity index (χ0n) is 31.8. The molecule has 0 bridgehead atoms. The third-order valence-corrected chi connectivity index (χ3v) is 13.0. The van der Waals surface area contributed by atoms with Gasteiger partial charge in [0.25, 0.3) is 0 Å². The van der Waals surface area contributed by atoms with Gasteiger partial charge in [-0.1, -0.05) is 182 Å². The van der Waals surface area contributed by atoms with Crippen LogP contribution in [0.4, 0.5) is 0 Å². The summed E-state index contributed by atoms with van der Waals surface area (Å²) in [5, 5.41) is 10.6. The molecule has 1 spiro atoms. The molecule has 0 aromatic heterocycles. The average molecular weight is 727 g/mol.